The van der Waals surface area contributed by atoms with Gasteiger partial charge in [0.1, 0.15) is 5.76 Å². The Hall–Kier alpha value is -2.81. The van der Waals surface area contributed by atoms with Gasteiger partial charge in [0.2, 0.25) is 11.8 Å². The van der Waals surface area contributed by atoms with E-state index >= 15 is 0 Å². The monoisotopic (exact) mass is 423 g/mol. The van der Waals surface area contributed by atoms with Crippen LogP contribution in [0.3, 0.4) is 0 Å². The van der Waals surface area contributed by atoms with Gasteiger partial charge in [-0.1, -0.05) is 12.1 Å². The largest absolute Gasteiger partial charge is 0.468 e. The van der Waals surface area contributed by atoms with Crippen molar-refractivity contribution in [1.82, 2.24) is 15.1 Å². The van der Waals surface area contributed by atoms with Crippen molar-refractivity contribution in [3.8, 4) is 0 Å². The third-order valence-corrected chi connectivity index (χ3v) is 5.18. The number of nitrogens with one attached hydrogen (secondary N) is 1. The first-order chi connectivity index (χ1) is 14.1. The number of likely N-dealkylation sites (tertiary alicyclic amines) is 1. The molecule has 1 saturated heterocycles. The number of carbonyl (C=O) groups excluding carboxylic acids is 2. The molecule has 1 aliphatic heterocycles. The van der Waals surface area contributed by atoms with Crippen LogP contribution in [0, 0.1) is 5.92 Å². The predicted octanol–water partition coefficient (Wildman–Crippen LogP) is 3.07. The Bertz CT molecular complexity index is 881. The summed E-state index contributed by atoms with van der Waals surface area (Å²) in [4.78, 5) is 28.2. The highest BCUT2D eigenvalue weighted by Gasteiger charge is 2.35. The summed E-state index contributed by atoms with van der Waals surface area (Å²) in [5.74, 6) is -0.326. The number of halogens is 3. The highest BCUT2D eigenvalue weighted by atomic mass is 19.4. The van der Waals surface area contributed by atoms with Gasteiger partial charge in [0.05, 0.1) is 23.8 Å². The lowest BCUT2D eigenvalue weighted by Gasteiger charge is -2.23. The topological polar surface area (TPSA) is 65.8 Å². The zero-order chi connectivity index (χ0) is 21.9. The Kier molecular flexibility index (Phi) is 6.50. The van der Waals surface area contributed by atoms with Crippen molar-refractivity contribution in [1.29, 1.82) is 0 Å². The molecule has 1 N–H and O–H groups in total. The number of benzene rings is 1. The average Bonchev–Trinajstić information content (AvgIpc) is 3.32. The number of rotatable bonds is 7. The fourth-order valence-electron chi connectivity index (χ4n) is 3.53. The molecule has 0 bridgehead atoms. The molecule has 2 amide bonds. The fraction of sp³-hybridized carbons (Fsp3) is 0.429. The van der Waals surface area contributed by atoms with Gasteiger partial charge in [-0.3, -0.25) is 14.5 Å². The molecule has 2 heterocycles. The molecule has 0 spiro atoms. The highest BCUT2D eigenvalue weighted by Crippen LogP contribution is 2.30. The maximum Gasteiger partial charge on any atom is 0.416 e. The Balaban J connectivity index is 1.58. The van der Waals surface area contributed by atoms with Crippen molar-refractivity contribution in [3.63, 3.8) is 0 Å². The van der Waals surface area contributed by atoms with Crippen molar-refractivity contribution in [2.75, 3.05) is 27.2 Å². The summed E-state index contributed by atoms with van der Waals surface area (Å²) in [7, 11) is 3.74. The molecule has 9 heteroatoms. The van der Waals surface area contributed by atoms with Crippen LogP contribution in [0.2, 0.25) is 0 Å². The molecule has 0 saturated carbocycles. The van der Waals surface area contributed by atoms with Crippen molar-refractivity contribution in [2.24, 2.45) is 5.92 Å². The van der Waals surface area contributed by atoms with Crippen LogP contribution in [-0.4, -0.2) is 48.8 Å². The van der Waals surface area contributed by atoms with Gasteiger partial charge < -0.3 is 14.6 Å². The number of nitrogens with zero attached hydrogens (tertiary/aromatic N) is 2. The van der Waals surface area contributed by atoms with Crippen LogP contribution in [0.1, 0.15) is 29.3 Å². The van der Waals surface area contributed by atoms with Crippen molar-refractivity contribution < 1.29 is 27.2 Å². The molecular weight excluding hydrogens is 399 g/mol. The Morgan fingerprint density at radius 1 is 1.30 bits per heavy atom. The second kappa shape index (κ2) is 8.91. The lowest BCUT2D eigenvalue weighted by Crippen LogP contribution is -2.38. The van der Waals surface area contributed by atoms with Gasteiger partial charge in [-0.15, -0.1) is 0 Å². The molecule has 0 aliphatic carbocycles. The smallest absolute Gasteiger partial charge is 0.416 e. The molecule has 6 nitrogen and oxygen atoms in total. The van der Waals surface area contributed by atoms with Gasteiger partial charge in [0.15, 0.2) is 0 Å². The van der Waals surface area contributed by atoms with Crippen LogP contribution in [0.5, 0.6) is 0 Å². The maximum atomic E-state index is 12.9. The molecule has 2 unspecified atom stereocenters. The summed E-state index contributed by atoms with van der Waals surface area (Å²) in [6.07, 6.45) is -2.84. The number of hydrogen-bond acceptors (Lipinski definition) is 4. The quantitative estimate of drug-likeness (QED) is 0.744. The number of furan rings is 1. The lowest BCUT2D eigenvalue weighted by atomic mass is 10.1. The molecule has 1 aliphatic rings. The molecule has 0 radical (unpaired) electrons. The summed E-state index contributed by atoms with van der Waals surface area (Å²) in [5, 5.41) is 2.86. The molecule has 1 fully saturated rings. The zero-order valence-corrected chi connectivity index (χ0v) is 16.8. The van der Waals surface area contributed by atoms with Crippen LogP contribution < -0.4 is 5.32 Å². The van der Waals surface area contributed by atoms with E-state index in [0.29, 0.717) is 17.9 Å². The minimum Gasteiger partial charge on any atom is -0.468 e. The second-order valence-electron chi connectivity index (χ2n) is 7.61. The SMILES string of the molecule is CN(C)C(CNC(=O)C1CC(=O)N(Cc2cccc(C(F)(F)F)c2)C1)c1ccco1. The van der Waals surface area contributed by atoms with Crippen LogP contribution in [-0.2, 0) is 22.3 Å². The van der Waals surface area contributed by atoms with E-state index in [2.05, 4.69) is 5.32 Å². The molecule has 3 rings (SSSR count). The van der Waals surface area contributed by atoms with Crippen LogP contribution in [0.15, 0.2) is 47.1 Å². The molecular formula is C21H24F3N3O3. The van der Waals surface area contributed by atoms with E-state index in [-0.39, 0.29) is 37.4 Å². The van der Waals surface area contributed by atoms with E-state index in [4.69, 9.17) is 4.42 Å². The molecule has 2 atom stereocenters. The summed E-state index contributed by atoms with van der Waals surface area (Å²) < 4.78 is 44.1. The number of hydrogen-bond donors (Lipinski definition) is 1. The van der Waals surface area contributed by atoms with Crippen LogP contribution in [0.4, 0.5) is 13.2 Å². The van der Waals surface area contributed by atoms with Crippen molar-refractivity contribution in [2.45, 2.75) is 25.2 Å². The van der Waals surface area contributed by atoms with E-state index in [1.165, 1.54) is 11.0 Å². The minimum absolute atomic E-state index is 0.0399. The average molecular weight is 423 g/mol. The zero-order valence-electron chi connectivity index (χ0n) is 16.8. The van der Waals surface area contributed by atoms with Gasteiger partial charge >= 0.3 is 6.18 Å². The highest BCUT2D eigenvalue weighted by molar-refractivity contribution is 5.89. The summed E-state index contributed by atoms with van der Waals surface area (Å²) in [6, 6.07) is 8.33. The first-order valence-electron chi connectivity index (χ1n) is 9.56. The fourth-order valence-corrected chi connectivity index (χ4v) is 3.53. The van der Waals surface area contributed by atoms with E-state index in [0.717, 1.165) is 12.1 Å². The Morgan fingerprint density at radius 2 is 2.07 bits per heavy atom. The standard InChI is InChI=1S/C21H24F3N3O3/c1-26(2)17(18-7-4-8-30-18)11-25-20(29)15-10-19(28)27(13-15)12-14-5-3-6-16(9-14)21(22,23)24/h3-9,15,17H,10-13H2,1-2H3,(H,25,29). The number of likely N-dealkylation sites (N-methyl/N-ethyl adjacent to an activating group) is 1. The van der Waals surface area contributed by atoms with Crippen LogP contribution >= 0.6 is 0 Å². The second-order valence-corrected chi connectivity index (χ2v) is 7.61. The van der Waals surface area contributed by atoms with E-state index < -0.39 is 17.7 Å². The van der Waals surface area contributed by atoms with Crippen molar-refractivity contribution >= 4 is 11.8 Å². The third-order valence-electron chi connectivity index (χ3n) is 5.18. The van der Waals surface area contributed by atoms with E-state index in [9.17, 15) is 22.8 Å². The lowest BCUT2D eigenvalue weighted by molar-refractivity contribution is -0.137. The van der Waals surface area contributed by atoms with Crippen LogP contribution in [0.25, 0.3) is 0 Å². The van der Waals surface area contributed by atoms with Gasteiger partial charge in [0.25, 0.3) is 0 Å². The van der Waals surface area contributed by atoms with E-state index in [1.54, 1.807) is 18.4 Å². The number of alkyl halides is 3. The molecule has 162 valence electrons. The third kappa shape index (κ3) is 5.21. The minimum atomic E-state index is -4.44. The maximum absolute atomic E-state index is 12.9. The normalized spacial score (nSPS) is 18.1. The molecule has 1 aromatic carbocycles. The van der Waals surface area contributed by atoms with Gasteiger partial charge in [-0.2, -0.15) is 13.2 Å². The van der Waals surface area contributed by atoms with Gasteiger partial charge in [-0.25, -0.2) is 0 Å². The summed E-state index contributed by atoms with van der Waals surface area (Å²) in [5.41, 5.74) is -0.377. The van der Waals surface area contributed by atoms with Gasteiger partial charge in [0, 0.05) is 26.1 Å². The predicted molar refractivity (Wildman–Crippen MR) is 103 cm³/mol. The first-order valence-corrected chi connectivity index (χ1v) is 9.56. The molecule has 30 heavy (non-hydrogen) atoms. The van der Waals surface area contributed by atoms with E-state index in [1.807, 2.05) is 25.1 Å². The van der Waals surface area contributed by atoms with Gasteiger partial charge in [-0.05, 0) is 43.9 Å². The summed E-state index contributed by atoms with van der Waals surface area (Å²) in [6.45, 7) is 0.533. The molecule has 1 aromatic heterocycles. The van der Waals surface area contributed by atoms with Crippen molar-refractivity contribution in [3.05, 3.63) is 59.5 Å². The molecule has 2 aromatic rings. The first kappa shape index (κ1) is 21.9. The Labute approximate surface area is 172 Å². The summed E-state index contributed by atoms with van der Waals surface area (Å²) >= 11 is 0. The number of carbonyl (C=O) groups is 2. The number of amides is 2. The Morgan fingerprint density at radius 3 is 2.70 bits per heavy atom.